The Bertz CT molecular complexity index is 397. The van der Waals surface area contributed by atoms with E-state index in [4.69, 9.17) is 20.4 Å². The number of rotatable bonds is 7. The van der Waals surface area contributed by atoms with Crippen LogP contribution < -0.4 is 0 Å². The van der Waals surface area contributed by atoms with Gasteiger partial charge in [-0.25, -0.2) is 14.4 Å². The van der Waals surface area contributed by atoms with Crippen molar-refractivity contribution in [2.75, 3.05) is 0 Å². The van der Waals surface area contributed by atoms with Crippen molar-refractivity contribution in [2.24, 2.45) is 0 Å². The van der Waals surface area contributed by atoms with E-state index in [-0.39, 0.29) is 0 Å². The summed E-state index contributed by atoms with van der Waals surface area (Å²) in [5.41, 5.74) is 0. The van der Waals surface area contributed by atoms with Crippen LogP contribution in [0.4, 0.5) is 0 Å². The van der Waals surface area contributed by atoms with Crippen molar-refractivity contribution in [3.8, 4) is 0 Å². The molecule has 0 amide bonds. The van der Waals surface area contributed by atoms with Gasteiger partial charge in [-0.2, -0.15) is 0 Å². The van der Waals surface area contributed by atoms with E-state index >= 15 is 0 Å². The molecule has 0 saturated carbocycles. The van der Waals surface area contributed by atoms with Gasteiger partial charge in [0.05, 0.1) is 0 Å². The fourth-order valence-corrected chi connectivity index (χ4v) is 0.770. The first-order valence-electron chi connectivity index (χ1n) is 4.26. The fraction of sp³-hybridized carbons (Fsp3) is 0.375. The molecular weight excluding hydrogens is 256 g/mol. The number of carbonyl (C=O) groups excluding carboxylic acids is 2. The van der Waals surface area contributed by atoms with Crippen molar-refractivity contribution in [1.82, 2.24) is 0 Å². The second-order valence-electron chi connectivity index (χ2n) is 2.94. The maximum Gasteiger partial charge on any atom is 0.376 e. The molecule has 10 nitrogen and oxygen atoms in total. The molecule has 18 heavy (non-hydrogen) atoms. The highest BCUT2D eigenvalue weighted by atomic mass is 16.6. The lowest BCUT2D eigenvalue weighted by Crippen LogP contribution is -2.44. The Kier molecular flexibility index (Phi) is 5.42. The number of Topliss-reactive ketones (excluding diaryl/α,β-unsaturated/α-hetero) is 1. The van der Waals surface area contributed by atoms with E-state index in [1.165, 1.54) is 0 Å². The smallest absolute Gasteiger partial charge is 0.376 e. The van der Waals surface area contributed by atoms with Gasteiger partial charge in [-0.1, -0.05) is 0 Å². The highest BCUT2D eigenvalue weighted by Gasteiger charge is 2.37. The van der Waals surface area contributed by atoms with E-state index < -0.39 is 48.3 Å². The second kappa shape index (κ2) is 6.30. The topological polar surface area (TPSA) is 176 Å². The quantitative estimate of drug-likeness (QED) is 0.218. The van der Waals surface area contributed by atoms with Crippen LogP contribution in [0.15, 0.2) is 0 Å². The van der Waals surface area contributed by atoms with E-state index in [0.29, 0.717) is 0 Å². The lowest BCUT2D eigenvalue weighted by Gasteiger charge is -2.15. The first-order valence-corrected chi connectivity index (χ1v) is 4.26. The first-order chi connectivity index (χ1) is 8.16. The number of carboxylic acids is 3. The maximum absolute atomic E-state index is 10.9. The number of hydrogen-bond acceptors (Lipinski definition) is 7. The third kappa shape index (κ3) is 4.57. The summed E-state index contributed by atoms with van der Waals surface area (Å²) in [5.74, 6) is -9.07. The Balaban J connectivity index is 4.75. The van der Waals surface area contributed by atoms with Crippen molar-refractivity contribution in [3.63, 3.8) is 0 Å². The number of ketones is 1. The molecule has 0 saturated heterocycles. The Hall–Kier alpha value is -2.49. The van der Waals surface area contributed by atoms with Crippen molar-refractivity contribution in [3.05, 3.63) is 0 Å². The lowest BCUT2D eigenvalue weighted by atomic mass is 10.2. The molecule has 2 unspecified atom stereocenters. The van der Waals surface area contributed by atoms with Crippen LogP contribution in [0, 0.1) is 0 Å². The summed E-state index contributed by atoms with van der Waals surface area (Å²) < 4.78 is 3.92. The summed E-state index contributed by atoms with van der Waals surface area (Å²) in [4.78, 5) is 52.6. The van der Waals surface area contributed by atoms with E-state index in [2.05, 4.69) is 4.74 Å². The number of ether oxygens (including phenoxy) is 1. The van der Waals surface area contributed by atoms with Gasteiger partial charge in [0.2, 0.25) is 6.10 Å². The molecule has 4 N–H and O–H groups in total. The number of aliphatic hydroxyl groups excluding tert-OH is 1. The predicted octanol–water partition coefficient (Wildman–Crippen LogP) is -2.53. The zero-order valence-corrected chi connectivity index (χ0v) is 8.60. The molecule has 0 aliphatic heterocycles. The Labute approximate surface area is 98.4 Å². The zero-order valence-electron chi connectivity index (χ0n) is 8.60. The molecule has 0 rings (SSSR count). The number of aliphatic hydroxyl groups is 1. The van der Waals surface area contributed by atoms with Crippen LogP contribution in [0.5, 0.6) is 0 Å². The summed E-state index contributed by atoms with van der Waals surface area (Å²) in [5, 5.41) is 33.9. The van der Waals surface area contributed by atoms with Crippen LogP contribution in [0.1, 0.15) is 6.42 Å². The zero-order chi connectivity index (χ0) is 14.5. The molecule has 0 aliphatic carbocycles. The van der Waals surface area contributed by atoms with Crippen LogP contribution in [0.25, 0.3) is 0 Å². The molecule has 10 heteroatoms. The SMILES string of the molecule is O=C(O)CC(=O)C(=O)OC(C(=O)O)C(O)C(=O)O. The number of carboxylic acid groups (broad SMARTS) is 3. The Morgan fingerprint density at radius 2 is 1.44 bits per heavy atom. The number of carbonyl (C=O) groups is 5. The van der Waals surface area contributed by atoms with Gasteiger partial charge in [-0.3, -0.25) is 9.59 Å². The molecule has 100 valence electrons. The summed E-state index contributed by atoms with van der Waals surface area (Å²) >= 11 is 0. The third-order valence-corrected chi connectivity index (χ3v) is 1.56. The molecule has 0 aliphatic rings. The normalized spacial score (nSPS) is 13.2. The van der Waals surface area contributed by atoms with E-state index in [1.807, 2.05) is 0 Å². The molecule has 2 atom stereocenters. The average molecular weight is 264 g/mol. The van der Waals surface area contributed by atoms with Gasteiger partial charge in [0.15, 0.2) is 6.10 Å². The molecule has 0 bridgehead atoms. The number of hydrogen-bond donors (Lipinski definition) is 4. The van der Waals surface area contributed by atoms with Crippen LogP contribution in [-0.4, -0.2) is 62.3 Å². The number of aliphatic carboxylic acids is 3. The highest BCUT2D eigenvalue weighted by Crippen LogP contribution is 2.03. The van der Waals surface area contributed by atoms with Gasteiger partial charge in [-0.05, 0) is 0 Å². The van der Waals surface area contributed by atoms with Crippen LogP contribution in [-0.2, 0) is 28.7 Å². The van der Waals surface area contributed by atoms with Gasteiger partial charge in [0.1, 0.15) is 6.42 Å². The van der Waals surface area contributed by atoms with Crippen LogP contribution >= 0.6 is 0 Å². The minimum absolute atomic E-state index is 1.24. The first kappa shape index (κ1) is 15.5. The molecule has 0 fully saturated rings. The molecule has 0 spiro atoms. The Morgan fingerprint density at radius 1 is 0.944 bits per heavy atom. The fourth-order valence-electron chi connectivity index (χ4n) is 0.770. The van der Waals surface area contributed by atoms with Crippen molar-refractivity contribution >= 4 is 29.7 Å². The van der Waals surface area contributed by atoms with E-state index in [0.717, 1.165) is 0 Å². The molecule has 0 aromatic heterocycles. The molecular formula is C8H8O10. The molecule has 0 heterocycles. The number of esters is 1. The largest absolute Gasteiger partial charge is 0.481 e. The monoisotopic (exact) mass is 264 g/mol. The standard InChI is InChI=1S/C8H8O10/c9-2(1-3(10)11)8(17)18-5(7(15)16)4(12)6(13)14/h4-5,12H,1H2,(H,10,11)(H,13,14)(H,15,16). The summed E-state index contributed by atoms with van der Waals surface area (Å²) in [6.07, 6.45) is -6.33. The van der Waals surface area contributed by atoms with Gasteiger partial charge in [0, 0.05) is 0 Å². The van der Waals surface area contributed by atoms with Crippen molar-refractivity contribution < 1.29 is 49.1 Å². The van der Waals surface area contributed by atoms with Gasteiger partial charge in [-0.15, -0.1) is 0 Å². The molecule has 0 aromatic carbocycles. The Morgan fingerprint density at radius 3 is 1.78 bits per heavy atom. The highest BCUT2D eigenvalue weighted by molar-refractivity contribution is 6.36. The minimum atomic E-state index is -2.58. The van der Waals surface area contributed by atoms with Crippen LogP contribution in [0.3, 0.4) is 0 Å². The van der Waals surface area contributed by atoms with E-state index in [9.17, 15) is 24.0 Å². The second-order valence-corrected chi connectivity index (χ2v) is 2.94. The van der Waals surface area contributed by atoms with Crippen molar-refractivity contribution in [1.29, 1.82) is 0 Å². The summed E-state index contributed by atoms with van der Waals surface area (Å²) in [7, 11) is 0. The summed E-state index contributed by atoms with van der Waals surface area (Å²) in [6.45, 7) is 0. The van der Waals surface area contributed by atoms with E-state index in [1.54, 1.807) is 0 Å². The average Bonchev–Trinajstić information content (AvgIpc) is 2.22. The maximum atomic E-state index is 10.9. The lowest BCUT2D eigenvalue weighted by molar-refractivity contribution is -0.180. The summed E-state index contributed by atoms with van der Waals surface area (Å²) in [6, 6.07) is 0. The minimum Gasteiger partial charge on any atom is -0.481 e. The van der Waals surface area contributed by atoms with Crippen LogP contribution in [0.2, 0.25) is 0 Å². The molecule has 0 radical (unpaired) electrons. The predicted molar refractivity (Wildman–Crippen MR) is 48.4 cm³/mol. The third-order valence-electron chi connectivity index (χ3n) is 1.56. The van der Waals surface area contributed by atoms with Gasteiger partial charge in [0.25, 0.3) is 5.78 Å². The van der Waals surface area contributed by atoms with Gasteiger partial charge >= 0.3 is 23.9 Å². The van der Waals surface area contributed by atoms with Gasteiger partial charge < -0.3 is 25.2 Å². The molecule has 0 aromatic rings. The van der Waals surface area contributed by atoms with Crippen molar-refractivity contribution in [2.45, 2.75) is 18.6 Å².